The van der Waals surface area contributed by atoms with Gasteiger partial charge in [0.05, 0.1) is 12.7 Å². The lowest BCUT2D eigenvalue weighted by molar-refractivity contribution is -0.137. The van der Waals surface area contributed by atoms with Gasteiger partial charge in [-0.15, -0.1) is 5.54 Å². The van der Waals surface area contributed by atoms with Crippen LogP contribution in [0.15, 0.2) is 36.5 Å². The Morgan fingerprint density at radius 2 is 1.67 bits per heavy atom. The number of carbonyl (C=O) groups is 1. The van der Waals surface area contributed by atoms with E-state index in [1.165, 1.54) is 25.4 Å². The van der Waals surface area contributed by atoms with Crippen molar-refractivity contribution in [1.29, 1.82) is 0 Å². The summed E-state index contributed by atoms with van der Waals surface area (Å²) in [4.78, 5) is 16.9. The highest BCUT2D eigenvalue weighted by Gasteiger charge is 2.41. The molecular weight excluding hydrogens is 445 g/mol. The number of pyridine rings is 1. The van der Waals surface area contributed by atoms with Crippen molar-refractivity contribution < 1.29 is 22.7 Å². The summed E-state index contributed by atoms with van der Waals surface area (Å²) in [5, 5.41) is 2.84. The van der Waals surface area contributed by atoms with Gasteiger partial charge in [-0.3, -0.25) is 0 Å². The molecule has 0 bridgehead atoms. The molecule has 0 saturated carbocycles. The molecule has 1 N–H and O–H groups in total. The summed E-state index contributed by atoms with van der Waals surface area (Å²) in [6, 6.07) is 6.35. The molecule has 0 aliphatic heterocycles. The first-order chi connectivity index (χ1) is 15.3. The lowest BCUT2D eigenvalue weighted by atomic mass is 10.1. The number of hydrogen-bond acceptors (Lipinski definition) is 4. The van der Waals surface area contributed by atoms with E-state index in [1.807, 2.05) is 0 Å². The second-order valence-electron chi connectivity index (χ2n) is 8.92. The van der Waals surface area contributed by atoms with Gasteiger partial charge in [0.1, 0.15) is 19.5 Å². The molecular formula is C25H31F3N2O2Si. The number of hydrogen-bond donors (Lipinski definition) is 1. The van der Waals surface area contributed by atoms with Gasteiger partial charge in [0.2, 0.25) is 0 Å². The van der Waals surface area contributed by atoms with Crippen molar-refractivity contribution in [3.05, 3.63) is 53.2 Å². The number of benzene rings is 1. The average molecular weight is 477 g/mol. The molecule has 178 valence electrons. The second kappa shape index (κ2) is 10.4. The molecule has 0 radical (unpaired) electrons. The van der Waals surface area contributed by atoms with Gasteiger partial charge in [0, 0.05) is 17.4 Å². The zero-order valence-electron chi connectivity index (χ0n) is 20.1. The van der Waals surface area contributed by atoms with E-state index < -0.39 is 25.8 Å². The topological polar surface area (TPSA) is 51.2 Å². The Morgan fingerprint density at radius 3 is 2.18 bits per heavy atom. The molecule has 0 amide bonds. The number of halogens is 3. The number of anilines is 2. The summed E-state index contributed by atoms with van der Waals surface area (Å²) in [5.41, 5.74) is 4.65. The van der Waals surface area contributed by atoms with E-state index in [-0.39, 0.29) is 17.1 Å². The van der Waals surface area contributed by atoms with Crippen LogP contribution >= 0.6 is 0 Å². The summed E-state index contributed by atoms with van der Waals surface area (Å²) >= 11 is 0. The Balaban J connectivity index is 2.62. The van der Waals surface area contributed by atoms with Gasteiger partial charge in [-0.25, -0.2) is 9.78 Å². The maximum absolute atomic E-state index is 13.1. The van der Waals surface area contributed by atoms with E-state index in [1.54, 1.807) is 6.07 Å². The van der Waals surface area contributed by atoms with Crippen LogP contribution in [-0.2, 0) is 10.9 Å². The highest BCUT2D eigenvalue weighted by atomic mass is 28.3. The molecule has 0 atom stereocenters. The number of nitrogens with zero attached hydrogens (tertiary/aromatic N) is 1. The molecule has 2 aromatic rings. The molecule has 1 aromatic carbocycles. The van der Waals surface area contributed by atoms with Crippen molar-refractivity contribution in [2.75, 3.05) is 12.4 Å². The van der Waals surface area contributed by atoms with E-state index >= 15 is 0 Å². The third kappa shape index (κ3) is 5.77. The van der Waals surface area contributed by atoms with Crippen molar-refractivity contribution in [2.24, 2.45) is 0 Å². The number of rotatable bonds is 6. The fourth-order valence-electron chi connectivity index (χ4n) is 4.49. The second-order valence-corrected chi connectivity index (χ2v) is 14.5. The molecule has 1 heterocycles. The molecule has 0 spiro atoms. The molecule has 4 nitrogen and oxygen atoms in total. The summed E-state index contributed by atoms with van der Waals surface area (Å²) < 4.78 is 44.3. The van der Waals surface area contributed by atoms with Crippen LogP contribution in [-0.4, -0.2) is 26.1 Å². The molecule has 0 aliphatic rings. The van der Waals surface area contributed by atoms with Crippen LogP contribution in [0.4, 0.5) is 24.7 Å². The van der Waals surface area contributed by atoms with Crippen molar-refractivity contribution >= 4 is 25.5 Å². The molecule has 0 fully saturated rings. The number of esters is 1. The number of methoxy groups -OCH3 is 1. The number of alkyl halides is 3. The Bertz CT molecular complexity index is 1030. The molecule has 0 saturated heterocycles. The first-order valence-corrected chi connectivity index (χ1v) is 13.1. The van der Waals surface area contributed by atoms with Crippen molar-refractivity contribution in [1.82, 2.24) is 4.98 Å². The summed E-state index contributed by atoms with van der Waals surface area (Å²) in [6.07, 6.45) is -3.00. The fraction of sp³-hybridized carbons (Fsp3) is 0.440. The number of nitrogens with one attached hydrogen (secondary N) is 1. The quantitative estimate of drug-likeness (QED) is 0.272. The maximum atomic E-state index is 13.1. The van der Waals surface area contributed by atoms with Gasteiger partial charge >= 0.3 is 12.1 Å². The van der Waals surface area contributed by atoms with Crippen LogP contribution in [0.25, 0.3) is 0 Å². The van der Waals surface area contributed by atoms with Crippen molar-refractivity contribution in [3.63, 3.8) is 0 Å². The minimum Gasteiger partial charge on any atom is -0.465 e. The van der Waals surface area contributed by atoms with Crippen LogP contribution in [0.3, 0.4) is 0 Å². The van der Waals surface area contributed by atoms with E-state index in [0.717, 1.165) is 12.1 Å². The van der Waals surface area contributed by atoms with Crippen molar-refractivity contribution in [3.8, 4) is 11.5 Å². The first kappa shape index (κ1) is 26.5. The predicted molar refractivity (Wildman–Crippen MR) is 128 cm³/mol. The Kier molecular flexibility index (Phi) is 8.36. The Labute approximate surface area is 195 Å². The predicted octanol–water partition coefficient (Wildman–Crippen LogP) is 7.20. The summed E-state index contributed by atoms with van der Waals surface area (Å²) in [6.45, 7) is 13.1. The Hall–Kier alpha value is -2.79. The molecule has 2 rings (SSSR count). The van der Waals surface area contributed by atoms with Gasteiger partial charge in [0.25, 0.3) is 0 Å². The van der Waals surface area contributed by atoms with Crippen LogP contribution in [0.1, 0.15) is 63.0 Å². The summed E-state index contributed by atoms with van der Waals surface area (Å²) in [5.74, 6) is 2.66. The average Bonchev–Trinajstić information content (AvgIpc) is 2.72. The van der Waals surface area contributed by atoms with Gasteiger partial charge in [-0.05, 0) is 40.9 Å². The van der Waals surface area contributed by atoms with E-state index in [4.69, 9.17) is 4.74 Å². The zero-order valence-corrected chi connectivity index (χ0v) is 21.1. The number of ether oxygens (including phenoxy) is 1. The number of carbonyl (C=O) groups excluding carboxylic acids is 1. The van der Waals surface area contributed by atoms with Crippen LogP contribution in [0.2, 0.25) is 16.6 Å². The minimum absolute atomic E-state index is 0.0962. The van der Waals surface area contributed by atoms with E-state index in [2.05, 4.69) is 63.3 Å². The van der Waals surface area contributed by atoms with Crippen molar-refractivity contribution in [2.45, 2.75) is 64.3 Å². The smallest absolute Gasteiger partial charge is 0.416 e. The zero-order chi connectivity index (χ0) is 25.0. The lowest BCUT2D eigenvalue weighted by Crippen LogP contribution is -2.43. The van der Waals surface area contributed by atoms with Gasteiger partial charge in [-0.2, -0.15) is 13.2 Å². The normalized spacial score (nSPS) is 12.0. The highest BCUT2D eigenvalue weighted by molar-refractivity contribution is 6.90. The highest BCUT2D eigenvalue weighted by Crippen LogP contribution is 2.41. The van der Waals surface area contributed by atoms with Crippen LogP contribution < -0.4 is 5.32 Å². The molecule has 0 unspecified atom stereocenters. The maximum Gasteiger partial charge on any atom is 0.416 e. The monoisotopic (exact) mass is 476 g/mol. The number of aromatic nitrogens is 1. The first-order valence-electron chi connectivity index (χ1n) is 10.9. The third-order valence-corrected chi connectivity index (χ3v) is 12.4. The van der Waals surface area contributed by atoms with Gasteiger partial charge in [0.15, 0.2) is 0 Å². The molecule has 0 aliphatic carbocycles. The van der Waals surface area contributed by atoms with Gasteiger partial charge < -0.3 is 10.1 Å². The largest absolute Gasteiger partial charge is 0.465 e. The summed E-state index contributed by atoms with van der Waals surface area (Å²) in [7, 11) is -0.831. The van der Waals surface area contributed by atoms with Crippen LogP contribution in [0, 0.1) is 11.5 Å². The van der Waals surface area contributed by atoms with Crippen LogP contribution in [0.5, 0.6) is 0 Å². The molecule has 8 heteroatoms. The standard InChI is InChI=1S/C25H31F3N2O2Si/c1-16(2)33(17(3)4,18(5)6)14-12-19-11-13-29-23(22(19)24(31)32-7)30-21-10-8-9-20(15-21)25(26,27)28/h8-11,13,15-18H,1-7H3,(H,29,30). The van der Waals surface area contributed by atoms with E-state index in [9.17, 15) is 18.0 Å². The third-order valence-electron chi connectivity index (χ3n) is 6.07. The fourth-order valence-corrected chi connectivity index (χ4v) is 9.71. The Morgan fingerprint density at radius 1 is 1.06 bits per heavy atom. The van der Waals surface area contributed by atoms with Gasteiger partial charge in [-0.1, -0.05) is 53.5 Å². The lowest BCUT2D eigenvalue weighted by Gasteiger charge is -2.38. The molecule has 33 heavy (non-hydrogen) atoms. The van der Waals surface area contributed by atoms with E-state index in [0.29, 0.717) is 22.2 Å². The SMILES string of the molecule is COC(=O)c1c(C#C[Si](C(C)C)(C(C)C)C(C)C)ccnc1Nc1cccc(C(F)(F)F)c1. The molecule has 1 aromatic heterocycles. The minimum atomic E-state index is -4.48.